The molecular weight excluding hydrogens is 743 g/mol. The third kappa shape index (κ3) is 11.8. The normalized spacial score (nSPS) is 11.1. The molecule has 6 rings (SSSR count). The first-order valence-corrected chi connectivity index (χ1v) is 24.4. The van der Waals surface area contributed by atoms with Gasteiger partial charge in [0.1, 0.15) is 31.8 Å². The van der Waals surface area contributed by atoms with Crippen molar-refractivity contribution in [2.24, 2.45) is 0 Å². The zero-order chi connectivity index (χ0) is 30.3. The van der Waals surface area contributed by atoms with Crippen LogP contribution in [-0.4, -0.2) is 0 Å². The van der Waals surface area contributed by atoms with Crippen LogP contribution in [0.25, 0.3) is 0 Å². The summed E-state index contributed by atoms with van der Waals surface area (Å²) in [6.07, 6.45) is 0. The average Bonchev–Trinajstić information content (AvgIpc) is 3.04. The van der Waals surface area contributed by atoms with Gasteiger partial charge in [0.05, 0.1) is 15.8 Å². The van der Waals surface area contributed by atoms with Crippen LogP contribution in [-0.2, 0) is 11.5 Å². The first-order chi connectivity index (χ1) is 20.9. The Hall–Kier alpha value is -2.00. The first-order valence-electron chi connectivity index (χ1n) is 13.4. The van der Waals surface area contributed by atoms with Gasteiger partial charge in [-0.1, -0.05) is 109 Å². The van der Waals surface area contributed by atoms with Crippen LogP contribution in [0.5, 0.6) is 0 Å². The average molecular weight is 775 g/mol. The second kappa shape index (κ2) is 18.1. The van der Waals surface area contributed by atoms with Gasteiger partial charge in [0.15, 0.2) is 0 Å². The summed E-state index contributed by atoms with van der Waals surface area (Å²) in [5.74, 6) is 0. The molecule has 0 aliphatic rings. The second-order valence-corrected chi connectivity index (χ2v) is 28.3. The maximum absolute atomic E-state index is 4.98. The quantitative estimate of drug-likeness (QED) is 0.117. The standard InChI is InChI=1S/2C18H15P.4ClH.Pd/c2*1-4-10-16(11-5-1)19(17-12-6-2-7-13-17)18-14-8-3-9-15-18;;;;;/h2*1-15H;4*1H;/q;;;;;;+4/p-2. The van der Waals surface area contributed by atoms with Gasteiger partial charge in [-0.2, -0.15) is 0 Å². The van der Waals surface area contributed by atoms with Crippen molar-refractivity contribution >= 4 is 85.8 Å². The second-order valence-electron chi connectivity index (χ2n) is 9.22. The molecule has 0 radical (unpaired) electrons. The molecule has 6 aromatic carbocycles. The molecule has 7 heteroatoms. The van der Waals surface area contributed by atoms with Gasteiger partial charge in [-0.05, 0) is 72.8 Å². The number of hydrogen-bond acceptors (Lipinski definition) is 0. The summed E-state index contributed by atoms with van der Waals surface area (Å²) in [6, 6.07) is 65.0. The zero-order valence-electron chi connectivity index (χ0n) is 23.1. The molecule has 0 amide bonds. The molecule has 0 bridgehead atoms. The summed E-state index contributed by atoms with van der Waals surface area (Å²) in [5.41, 5.74) is 0. The van der Waals surface area contributed by atoms with E-state index in [1.807, 2.05) is 0 Å². The number of hydrogen-bond donors (Lipinski definition) is 0. The Balaban J connectivity index is 0.000000171. The first kappa shape index (κ1) is 33.9. The van der Waals surface area contributed by atoms with E-state index in [4.69, 9.17) is 38.1 Å². The Bertz CT molecular complexity index is 1280. The molecule has 0 aliphatic carbocycles. The van der Waals surface area contributed by atoms with Gasteiger partial charge in [-0.15, -0.1) is 0 Å². The Labute approximate surface area is 277 Å². The minimum atomic E-state index is -2.81. The maximum atomic E-state index is 4.98. The molecule has 6 aromatic rings. The molecule has 222 valence electrons. The Morgan fingerprint density at radius 1 is 0.256 bits per heavy atom. The molecule has 0 saturated carbocycles. The summed E-state index contributed by atoms with van der Waals surface area (Å²) >= 11 is -2.81. The van der Waals surface area contributed by atoms with Gasteiger partial charge in [0.25, 0.3) is 0 Å². The molecular formula is C36H32Cl4P2Pd+2. The van der Waals surface area contributed by atoms with Crippen LogP contribution < -0.4 is 31.8 Å². The zero-order valence-corrected chi connectivity index (χ0v) is 29.7. The molecule has 0 spiro atoms. The van der Waals surface area contributed by atoms with Gasteiger partial charge in [-0.3, -0.25) is 0 Å². The smallest absolute Gasteiger partial charge is 0.0620 e. The van der Waals surface area contributed by atoms with Crippen LogP contribution in [0, 0.1) is 0 Å². The Kier molecular flexibility index (Phi) is 14.3. The predicted octanol–water partition coefficient (Wildman–Crippen LogP) is 9.11. The third-order valence-electron chi connectivity index (χ3n) is 6.37. The molecule has 0 unspecified atom stereocenters. The van der Waals surface area contributed by atoms with E-state index in [0.717, 1.165) is 0 Å². The van der Waals surface area contributed by atoms with Gasteiger partial charge in [0, 0.05) is 0 Å². The van der Waals surface area contributed by atoms with E-state index in [-0.39, 0.29) is 0 Å². The van der Waals surface area contributed by atoms with Gasteiger partial charge < -0.3 is 0 Å². The molecule has 0 aliphatic heterocycles. The van der Waals surface area contributed by atoms with Gasteiger partial charge >= 0.3 is 49.6 Å². The predicted molar refractivity (Wildman–Crippen MR) is 196 cm³/mol. The summed E-state index contributed by atoms with van der Waals surface area (Å²) in [7, 11) is 18.2. The Morgan fingerprint density at radius 2 is 0.372 bits per heavy atom. The minimum absolute atomic E-state index is 0.877. The molecule has 0 N–H and O–H groups in total. The van der Waals surface area contributed by atoms with E-state index in [0.29, 0.717) is 0 Å². The van der Waals surface area contributed by atoms with Crippen molar-refractivity contribution in [3.05, 3.63) is 182 Å². The molecule has 0 heterocycles. The van der Waals surface area contributed by atoms with Crippen LogP contribution in [0.2, 0.25) is 0 Å². The van der Waals surface area contributed by atoms with E-state index in [1.165, 1.54) is 31.8 Å². The van der Waals surface area contributed by atoms with Crippen molar-refractivity contribution in [3.8, 4) is 0 Å². The van der Waals surface area contributed by atoms with Crippen LogP contribution in [0.1, 0.15) is 0 Å². The van der Waals surface area contributed by atoms with Crippen molar-refractivity contribution in [1.82, 2.24) is 0 Å². The molecule has 0 atom stereocenters. The Morgan fingerprint density at radius 3 is 0.488 bits per heavy atom. The fourth-order valence-corrected chi connectivity index (χ4v) is 9.78. The van der Waals surface area contributed by atoms with Crippen molar-refractivity contribution in [1.29, 1.82) is 0 Å². The minimum Gasteiger partial charge on any atom is -0.0620 e. The van der Waals surface area contributed by atoms with E-state index < -0.39 is 27.3 Å². The summed E-state index contributed by atoms with van der Waals surface area (Å²) in [4.78, 5) is 0. The van der Waals surface area contributed by atoms with Crippen LogP contribution in [0.15, 0.2) is 182 Å². The SMILES string of the molecule is [Cl][Pd]([Cl])([Cl])[Cl].c1ccc([PH+](c2ccccc2)c2ccccc2)cc1.c1ccc([PH+](c2ccccc2)c2ccccc2)cc1. The largest absolute Gasteiger partial charge is 0.102 e. The molecule has 0 nitrogen and oxygen atoms in total. The van der Waals surface area contributed by atoms with E-state index >= 15 is 0 Å². The van der Waals surface area contributed by atoms with Gasteiger partial charge in [0.2, 0.25) is 0 Å². The summed E-state index contributed by atoms with van der Waals surface area (Å²) < 4.78 is 0. The molecule has 0 aromatic heterocycles. The maximum Gasteiger partial charge on any atom is 0.102 e. The topological polar surface area (TPSA) is 0 Å². The number of halogens is 4. The van der Waals surface area contributed by atoms with Gasteiger partial charge in [-0.25, -0.2) is 0 Å². The van der Waals surface area contributed by atoms with Crippen molar-refractivity contribution < 1.29 is 11.5 Å². The van der Waals surface area contributed by atoms with Crippen LogP contribution in [0.3, 0.4) is 0 Å². The molecule has 43 heavy (non-hydrogen) atoms. The van der Waals surface area contributed by atoms with Crippen LogP contribution >= 0.6 is 54.0 Å². The van der Waals surface area contributed by atoms with Crippen molar-refractivity contribution in [2.75, 3.05) is 0 Å². The number of benzene rings is 6. The van der Waals surface area contributed by atoms with Crippen LogP contribution in [0.4, 0.5) is 0 Å². The molecule has 0 fully saturated rings. The van der Waals surface area contributed by atoms with E-state index in [9.17, 15) is 0 Å². The fraction of sp³-hybridized carbons (Fsp3) is 0. The monoisotopic (exact) mass is 772 g/mol. The van der Waals surface area contributed by atoms with E-state index in [1.54, 1.807) is 0 Å². The van der Waals surface area contributed by atoms with Crippen molar-refractivity contribution in [2.45, 2.75) is 0 Å². The molecule has 0 saturated heterocycles. The van der Waals surface area contributed by atoms with Crippen molar-refractivity contribution in [3.63, 3.8) is 0 Å². The third-order valence-corrected chi connectivity index (χ3v) is 11.8. The fourth-order valence-electron chi connectivity index (χ4n) is 4.63. The van der Waals surface area contributed by atoms with E-state index in [2.05, 4.69) is 182 Å². The summed E-state index contributed by atoms with van der Waals surface area (Å²) in [5, 5.41) is 8.61. The number of rotatable bonds is 6. The summed E-state index contributed by atoms with van der Waals surface area (Å²) in [6.45, 7) is 0.